The lowest BCUT2D eigenvalue weighted by Crippen LogP contribution is -2.10. The quantitative estimate of drug-likeness (QED) is 0.851. The average molecular weight is 267 g/mol. The van der Waals surface area contributed by atoms with E-state index in [4.69, 9.17) is 4.74 Å². The van der Waals surface area contributed by atoms with Crippen LogP contribution in [-0.4, -0.2) is 5.97 Å². The molecule has 2 aromatic rings. The van der Waals surface area contributed by atoms with E-state index in [1.54, 1.807) is 6.07 Å². The third-order valence-corrected chi connectivity index (χ3v) is 3.56. The first-order valence-electron chi connectivity index (χ1n) is 6.81. The van der Waals surface area contributed by atoms with Crippen LogP contribution in [0.15, 0.2) is 48.5 Å². The van der Waals surface area contributed by atoms with Crippen LogP contribution in [0.3, 0.4) is 0 Å². The van der Waals surface area contributed by atoms with Crippen molar-refractivity contribution in [2.45, 2.75) is 26.0 Å². The molecule has 0 unspecified atom stereocenters. The molecule has 3 rings (SSSR count). The number of anilines is 1. The Bertz CT molecular complexity index is 632. The molecule has 0 aromatic heterocycles. The first-order valence-corrected chi connectivity index (χ1v) is 6.81. The van der Waals surface area contributed by atoms with Crippen LogP contribution in [0.1, 0.15) is 47.5 Å². The van der Waals surface area contributed by atoms with Crippen LogP contribution in [-0.2, 0) is 4.74 Å². The van der Waals surface area contributed by atoms with Gasteiger partial charge in [0, 0.05) is 11.3 Å². The van der Waals surface area contributed by atoms with Crippen molar-refractivity contribution in [1.82, 2.24) is 0 Å². The Morgan fingerprint density at radius 1 is 1.05 bits per heavy atom. The lowest BCUT2D eigenvalue weighted by molar-refractivity contribution is 0.0437. The highest BCUT2D eigenvalue weighted by Gasteiger charge is 2.30. The van der Waals surface area contributed by atoms with Gasteiger partial charge in [0.15, 0.2) is 0 Å². The number of ether oxygens (including phenoxy) is 1. The van der Waals surface area contributed by atoms with Crippen LogP contribution >= 0.6 is 0 Å². The molecule has 1 heterocycles. The fourth-order valence-corrected chi connectivity index (χ4v) is 2.37. The minimum absolute atomic E-state index is 0.267. The number of esters is 1. The molecule has 0 saturated heterocycles. The molecule has 1 N–H and O–H groups in total. The number of carbonyl (C=O) groups excluding carboxylic acids is 1. The second-order valence-electron chi connectivity index (χ2n) is 5.29. The van der Waals surface area contributed by atoms with Crippen molar-refractivity contribution < 1.29 is 9.53 Å². The first-order chi connectivity index (χ1) is 9.65. The molecule has 0 aliphatic carbocycles. The minimum atomic E-state index is -0.399. The fraction of sp³-hybridized carbons (Fsp3) is 0.235. The monoisotopic (exact) mass is 267 g/mol. The van der Waals surface area contributed by atoms with Crippen LogP contribution in [0.2, 0.25) is 0 Å². The molecule has 0 radical (unpaired) electrons. The predicted molar refractivity (Wildman–Crippen MR) is 78.8 cm³/mol. The van der Waals surface area contributed by atoms with Crippen molar-refractivity contribution >= 4 is 11.7 Å². The Hall–Kier alpha value is -2.29. The summed E-state index contributed by atoms with van der Waals surface area (Å²) < 4.78 is 5.36. The SMILES string of the molecule is CC(C)c1ccc(N[C@@H]2OC(=O)c3ccccc32)cc1. The van der Waals surface area contributed by atoms with Crippen LogP contribution in [0.5, 0.6) is 0 Å². The van der Waals surface area contributed by atoms with E-state index in [9.17, 15) is 4.79 Å². The van der Waals surface area contributed by atoms with E-state index < -0.39 is 6.23 Å². The van der Waals surface area contributed by atoms with Crippen molar-refractivity contribution in [1.29, 1.82) is 0 Å². The van der Waals surface area contributed by atoms with Crippen molar-refractivity contribution in [3.8, 4) is 0 Å². The van der Waals surface area contributed by atoms with Gasteiger partial charge in [0.2, 0.25) is 6.23 Å². The Morgan fingerprint density at radius 3 is 2.45 bits per heavy atom. The highest BCUT2D eigenvalue weighted by Crippen LogP contribution is 2.31. The summed E-state index contributed by atoms with van der Waals surface area (Å²) in [4.78, 5) is 11.7. The second kappa shape index (κ2) is 5.00. The standard InChI is InChI=1S/C17H17NO2/c1-11(2)12-7-9-13(10-8-12)18-16-14-5-3-4-6-15(14)17(19)20-16/h3-11,16,18H,1-2H3/t16-/m1/s1. The number of hydrogen-bond acceptors (Lipinski definition) is 3. The van der Waals surface area contributed by atoms with Crippen molar-refractivity contribution in [2.75, 3.05) is 5.32 Å². The lowest BCUT2D eigenvalue weighted by atomic mass is 10.0. The number of rotatable bonds is 3. The van der Waals surface area contributed by atoms with Gasteiger partial charge in [-0.05, 0) is 29.7 Å². The molecule has 0 bridgehead atoms. The molecule has 1 atom stereocenters. The van der Waals surface area contributed by atoms with E-state index in [0.29, 0.717) is 11.5 Å². The summed E-state index contributed by atoms with van der Waals surface area (Å²) in [5.41, 5.74) is 3.78. The van der Waals surface area contributed by atoms with Crippen LogP contribution < -0.4 is 5.32 Å². The summed E-state index contributed by atoms with van der Waals surface area (Å²) in [6.45, 7) is 4.33. The Morgan fingerprint density at radius 2 is 1.75 bits per heavy atom. The van der Waals surface area contributed by atoms with E-state index in [-0.39, 0.29) is 5.97 Å². The Balaban J connectivity index is 1.81. The Kier molecular flexibility index (Phi) is 3.18. The van der Waals surface area contributed by atoms with Gasteiger partial charge in [0.25, 0.3) is 0 Å². The summed E-state index contributed by atoms with van der Waals surface area (Å²) in [5, 5.41) is 3.25. The molecule has 3 nitrogen and oxygen atoms in total. The van der Waals surface area contributed by atoms with Gasteiger partial charge < -0.3 is 10.1 Å². The van der Waals surface area contributed by atoms with Crippen molar-refractivity contribution in [3.05, 3.63) is 65.2 Å². The van der Waals surface area contributed by atoms with E-state index in [1.165, 1.54) is 5.56 Å². The molecule has 0 fully saturated rings. The second-order valence-corrected chi connectivity index (χ2v) is 5.29. The van der Waals surface area contributed by atoms with E-state index in [0.717, 1.165) is 11.3 Å². The van der Waals surface area contributed by atoms with Gasteiger partial charge in [-0.1, -0.05) is 44.2 Å². The summed E-state index contributed by atoms with van der Waals surface area (Å²) in [6, 6.07) is 15.7. The zero-order chi connectivity index (χ0) is 14.1. The normalized spacial score (nSPS) is 16.9. The summed E-state index contributed by atoms with van der Waals surface area (Å²) >= 11 is 0. The molecule has 102 valence electrons. The van der Waals surface area contributed by atoms with E-state index in [2.05, 4.69) is 31.3 Å². The number of hydrogen-bond donors (Lipinski definition) is 1. The maximum Gasteiger partial charge on any atom is 0.340 e. The van der Waals surface area contributed by atoms with Gasteiger partial charge in [-0.3, -0.25) is 0 Å². The zero-order valence-corrected chi connectivity index (χ0v) is 11.6. The summed E-state index contributed by atoms with van der Waals surface area (Å²) in [5.74, 6) is 0.242. The number of carbonyl (C=O) groups is 1. The molecule has 20 heavy (non-hydrogen) atoms. The largest absolute Gasteiger partial charge is 0.434 e. The van der Waals surface area contributed by atoms with Gasteiger partial charge in [-0.15, -0.1) is 0 Å². The molecule has 0 saturated carbocycles. The van der Waals surface area contributed by atoms with E-state index in [1.807, 2.05) is 30.3 Å². The molecule has 3 heteroatoms. The van der Waals surface area contributed by atoms with Crippen LogP contribution in [0.4, 0.5) is 5.69 Å². The maximum atomic E-state index is 11.7. The van der Waals surface area contributed by atoms with Crippen molar-refractivity contribution in [3.63, 3.8) is 0 Å². The molecule has 0 amide bonds. The Labute approximate surface area is 118 Å². The summed E-state index contributed by atoms with van der Waals surface area (Å²) in [7, 11) is 0. The number of fused-ring (bicyclic) bond motifs is 1. The van der Waals surface area contributed by atoms with Crippen LogP contribution in [0, 0.1) is 0 Å². The highest BCUT2D eigenvalue weighted by atomic mass is 16.6. The average Bonchev–Trinajstić information content (AvgIpc) is 2.77. The number of cyclic esters (lactones) is 1. The first kappa shape index (κ1) is 12.7. The van der Waals surface area contributed by atoms with Gasteiger partial charge in [-0.25, -0.2) is 4.79 Å². The number of benzene rings is 2. The third-order valence-electron chi connectivity index (χ3n) is 3.56. The molecule has 2 aromatic carbocycles. The van der Waals surface area contributed by atoms with Crippen LogP contribution in [0.25, 0.3) is 0 Å². The predicted octanol–water partition coefficient (Wildman–Crippen LogP) is 4.09. The lowest BCUT2D eigenvalue weighted by Gasteiger charge is -2.15. The topological polar surface area (TPSA) is 38.3 Å². The smallest absolute Gasteiger partial charge is 0.340 e. The number of nitrogens with one attached hydrogen (secondary N) is 1. The molecule has 0 spiro atoms. The molecular formula is C17H17NO2. The van der Waals surface area contributed by atoms with Gasteiger partial charge in [0.1, 0.15) is 0 Å². The summed E-state index contributed by atoms with van der Waals surface area (Å²) in [6.07, 6.45) is -0.399. The minimum Gasteiger partial charge on any atom is -0.434 e. The van der Waals surface area contributed by atoms with Gasteiger partial charge in [0.05, 0.1) is 5.56 Å². The van der Waals surface area contributed by atoms with E-state index >= 15 is 0 Å². The van der Waals surface area contributed by atoms with Gasteiger partial charge >= 0.3 is 5.97 Å². The molecular weight excluding hydrogens is 250 g/mol. The highest BCUT2D eigenvalue weighted by molar-refractivity contribution is 5.94. The maximum absolute atomic E-state index is 11.7. The molecule has 1 aliphatic heterocycles. The van der Waals surface area contributed by atoms with Crippen molar-refractivity contribution in [2.24, 2.45) is 0 Å². The zero-order valence-electron chi connectivity index (χ0n) is 11.6. The fourth-order valence-electron chi connectivity index (χ4n) is 2.37. The molecule has 1 aliphatic rings. The van der Waals surface area contributed by atoms with Gasteiger partial charge in [-0.2, -0.15) is 0 Å². The third kappa shape index (κ3) is 2.27.